The second-order valence-corrected chi connectivity index (χ2v) is 3.85. The molecule has 4 heteroatoms. The summed E-state index contributed by atoms with van der Waals surface area (Å²) in [7, 11) is -2.96. The quantitative estimate of drug-likeness (QED) is 0.532. The highest BCUT2D eigenvalue weighted by Gasteiger charge is 2.07. The maximum absolute atomic E-state index is 10.7. The van der Waals surface area contributed by atoms with Crippen LogP contribution in [0.2, 0.25) is 0 Å². The van der Waals surface area contributed by atoms with Crippen molar-refractivity contribution < 1.29 is 8.42 Å². The van der Waals surface area contributed by atoms with Gasteiger partial charge in [-0.05, 0) is 12.8 Å². The fourth-order valence-electron chi connectivity index (χ4n) is 0.685. The van der Waals surface area contributed by atoms with Crippen LogP contribution in [0.15, 0.2) is 12.3 Å². The van der Waals surface area contributed by atoms with Crippen LogP contribution in [0, 0.1) is 0 Å². The first kappa shape index (κ1) is 6.61. The van der Waals surface area contributed by atoms with Crippen molar-refractivity contribution in [3.05, 3.63) is 12.3 Å². The normalized spacial score (nSPS) is 24.4. The minimum absolute atomic E-state index is 0.250. The lowest BCUT2D eigenvalue weighted by molar-refractivity contribution is 0.589. The van der Waals surface area contributed by atoms with Crippen LogP contribution >= 0.6 is 0 Å². The first-order valence-electron chi connectivity index (χ1n) is 2.86. The molecule has 1 aliphatic rings. The molecule has 0 spiro atoms. The molecule has 1 aliphatic heterocycles. The largest absolute Gasteiger partial charge is 0.291 e. The Kier molecular flexibility index (Phi) is 1.75. The van der Waals surface area contributed by atoms with E-state index in [0.717, 1.165) is 12.8 Å². The Morgan fingerprint density at radius 2 is 2.22 bits per heavy atom. The Labute approximate surface area is 54.8 Å². The van der Waals surface area contributed by atoms with Crippen LogP contribution in [0.3, 0.4) is 0 Å². The molecule has 0 saturated heterocycles. The number of hydrogen-bond acceptors (Lipinski definition) is 2. The molecule has 0 aromatic rings. The summed E-state index contributed by atoms with van der Waals surface area (Å²) in [6.45, 7) is 0. The Morgan fingerprint density at radius 1 is 1.44 bits per heavy atom. The van der Waals surface area contributed by atoms with Crippen molar-refractivity contribution in [1.29, 1.82) is 0 Å². The minimum atomic E-state index is -2.96. The maximum atomic E-state index is 10.7. The number of hydrogen-bond donors (Lipinski definition) is 1. The van der Waals surface area contributed by atoms with Gasteiger partial charge in [0.1, 0.15) is 0 Å². The van der Waals surface area contributed by atoms with Crippen molar-refractivity contribution in [2.24, 2.45) is 0 Å². The van der Waals surface area contributed by atoms with Crippen LogP contribution in [-0.2, 0) is 10.0 Å². The second-order valence-electron chi connectivity index (χ2n) is 1.98. The van der Waals surface area contributed by atoms with Crippen molar-refractivity contribution in [2.45, 2.75) is 12.8 Å². The average molecular weight is 147 g/mol. The van der Waals surface area contributed by atoms with E-state index in [-0.39, 0.29) is 5.75 Å². The van der Waals surface area contributed by atoms with E-state index in [4.69, 9.17) is 0 Å². The van der Waals surface area contributed by atoms with Gasteiger partial charge in [-0.3, -0.25) is 4.72 Å². The topological polar surface area (TPSA) is 46.2 Å². The van der Waals surface area contributed by atoms with Gasteiger partial charge in [-0.25, -0.2) is 8.42 Å². The van der Waals surface area contributed by atoms with Crippen molar-refractivity contribution in [1.82, 2.24) is 4.72 Å². The molecule has 0 aromatic carbocycles. The number of rotatable bonds is 0. The molecule has 0 amide bonds. The highest BCUT2D eigenvalue weighted by atomic mass is 32.2. The van der Waals surface area contributed by atoms with E-state index in [9.17, 15) is 8.42 Å². The van der Waals surface area contributed by atoms with Gasteiger partial charge < -0.3 is 0 Å². The van der Waals surface area contributed by atoms with Crippen molar-refractivity contribution in [3.8, 4) is 0 Å². The smallest absolute Gasteiger partial charge is 0.232 e. The molecule has 0 saturated carbocycles. The van der Waals surface area contributed by atoms with Crippen molar-refractivity contribution in [2.75, 3.05) is 5.75 Å². The highest BCUT2D eigenvalue weighted by Crippen LogP contribution is 1.99. The molecule has 0 unspecified atom stereocenters. The third-order valence-corrected chi connectivity index (χ3v) is 2.47. The Balaban J connectivity index is 2.70. The van der Waals surface area contributed by atoms with E-state index < -0.39 is 10.0 Å². The van der Waals surface area contributed by atoms with Crippen LogP contribution in [0.25, 0.3) is 0 Å². The standard InChI is InChI=1S/C5H9NO2S/c7-9(8)5-3-1-2-4-6-9/h2,4,6H,1,3,5H2. The van der Waals surface area contributed by atoms with E-state index in [2.05, 4.69) is 4.72 Å². The molecule has 0 aliphatic carbocycles. The molecule has 0 atom stereocenters. The van der Waals surface area contributed by atoms with Gasteiger partial charge in [-0.1, -0.05) is 6.08 Å². The Hall–Kier alpha value is -0.510. The summed E-state index contributed by atoms with van der Waals surface area (Å²) >= 11 is 0. The molecule has 3 nitrogen and oxygen atoms in total. The van der Waals surface area contributed by atoms with Crippen LogP contribution in [0.5, 0.6) is 0 Å². The number of allylic oxidation sites excluding steroid dienone is 1. The Bertz CT molecular complexity index is 205. The molecule has 0 aromatic heterocycles. The molecule has 1 N–H and O–H groups in total. The van der Waals surface area contributed by atoms with E-state index in [1.807, 2.05) is 6.08 Å². The van der Waals surface area contributed by atoms with Gasteiger partial charge in [0.2, 0.25) is 10.0 Å². The fraction of sp³-hybridized carbons (Fsp3) is 0.600. The maximum Gasteiger partial charge on any atom is 0.232 e. The third kappa shape index (κ3) is 2.05. The van der Waals surface area contributed by atoms with E-state index in [1.54, 1.807) is 0 Å². The molecule has 1 heterocycles. The molecule has 0 bridgehead atoms. The van der Waals surface area contributed by atoms with E-state index >= 15 is 0 Å². The minimum Gasteiger partial charge on any atom is -0.291 e. The van der Waals surface area contributed by atoms with Crippen LogP contribution in [0.4, 0.5) is 0 Å². The van der Waals surface area contributed by atoms with Gasteiger partial charge in [0.25, 0.3) is 0 Å². The molecular formula is C5H9NO2S. The Morgan fingerprint density at radius 3 is 3.00 bits per heavy atom. The van der Waals surface area contributed by atoms with Gasteiger partial charge in [-0.15, -0.1) is 0 Å². The fourth-order valence-corrected chi connectivity index (χ4v) is 1.65. The zero-order valence-corrected chi connectivity index (χ0v) is 5.82. The predicted octanol–water partition coefficient (Wildman–Crippen LogP) is 0.213. The van der Waals surface area contributed by atoms with Gasteiger partial charge in [0.15, 0.2) is 0 Å². The molecule has 0 radical (unpaired) electrons. The lowest BCUT2D eigenvalue weighted by Gasteiger charge is -1.96. The average Bonchev–Trinajstić information content (AvgIpc) is 1.92. The highest BCUT2D eigenvalue weighted by molar-refractivity contribution is 7.89. The third-order valence-electron chi connectivity index (χ3n) is 1.15. The SMILES string of the molecule is O=S1(=O)CCCC=CN1. The van der Waals surface area contributed by atoms with E-state index in [1.165, 1.54) is 6.20 Å². The summed E-state index contributed by atoms with van der Waals surface area (Å²) in [6.07, 6.45) is 4.89. The number of sulfonamides is 1. The summed E-state index contributed by atoms with van der Waals surface area (Å²) in [5, 5.41) is 0. The zero-order valence-electron chi connectivity index (χ0n) is 5.00. The summed E-state index contributed by atoms with van der Waals surface area (Å²) in [5.74, 6) is 0.250. The number of nitrogens with one attached hydrogen (secondary N) is 1. The van der Waals surface area contributed by atoms with Crippen molar-refractivity contribution >= 4 is 10.0 Å². The van der Waals surface area contributed by atoms with Gasteiger partial charge >= 0.3 is 0 Å². The molecule has 1 rings (SSSR count). The monoisotopic (exact) mass is 147 g/mol. The van der Waals surface area contributed by atoms with Gasteiger partial charge in [0.05, 0.1) is 5.75 Å². The summed E-state index contributed by atoms with van der Waals surface area (Å²) in [5.41, 5.74) is 0. The summed E-state index contributed by atoms with van der Waals surface area (Å²) in [4.78, 5) is 0. The van der Waals surface area contributed by atoms with E-state index in [0.29, 0.717) is 0 Å². The summed E-state index contributed by atoms with van der Waals surface area (Å²) in [6, 6.07) is 0. The summed E-state index contributed by atoms with van der Waals surface area (Å²) < 4.78 is 23.7. The molecule has 9 heavy (non-hydrogen) atoms. The van der Waals surface area contributed by atoms with Crippen LogP contribution < -0.4 is 4.72 Å². The van der Waals surface area contributed by atoms with Gasteiger partial charge in [0, 0.05) is 6.20 Å². The van der Waals surface area contributed by atoms with Gasteiger partial charge in [-0.2, -0.15) is 0 Å². The first-order chi connectivity index (χ1) is 4.21. The zero-order chi connectivity index (χ0) is 6.74. The van der Waals surface area contributed by atoms with Crippen LogP contribution in [-0.4, -0.2) is 14.2 Å². The molecule has 52 valence electrons. The first-order valence-corrected chi connectivity index (χ1v) is 4.51. The predicted molar refractivity (Wildman–Crippen MR) is 35.3 cm³/mol. The second kappa shape index (κ2) is 2.39. The molecule has 0 fully saturated rings. The lowest BCUT2D eigenvalue weighted by atomic mass is 10.3. The molecular weight excluding hydrogens is 138 g/mol. The van der Waals surface area contributed by atoms with Crippen LogP contribution in [0.1, 0.15) is 12.8 Å². The van der Waals surface area contributed by atoms with Crippen molar-refractivity contribution in [3.63, 3.8) is 0 Å². The lowest BCUT2D eigenvalue weighted by Crippen LogP contribution is -2.19.